The molecule has 2 heterocycles. The van der Waals surface area contributed by atoms with Gasteiger partial charge in [-0.2, -0.15) is 5.10 Å². The fourth-order valence-electron chi connectivity index (χ4n) is 2.35. The summed E-state index contributed by atoms with van der Waals surface area (Å²) in [6.45, 7) is 8.44. The first-order valence-electron chi connectivity index (χ1n) is 8.41. The number of ether oxygens (including phenoxy) is 1. The number of hydrogen-bond donors (Lipinski definition) is 2. The summed E-state index contributed by atoms with van der Waals surface area (Å²) in [5.41, 5.74) is 1.32. The van der Waals surface area contributed by atoms with E-state index in [4.69, 9.17) is 4.74 Å². The molecule has 26 heavy (non-hydrogen) atoms. The molecule has 3 aromatic rings. The molecule has 0 unspecified atom stereocenters. The summed E-state index contributed by atoms with van der Waals surface area (Å²) < 4.78 is 6.89. The van der Waals surface area contributed by atoms with Crippen LogP contribution in [-0.4, -0.2) is 26.6 Å². The molecule has 0 spiro atoms. The van der Waals surface area contributed by atoms with Crippen molar-refractivity contribution in [3.05, 3.63) is 52.4 Å². The maximum atomic E-state index is 12.7. The number of aromatic amines is 2. The lowest BCUT2D eigenvalue weighted by molar-refractivity contribution is 0.325. The summed E-state index contributed by atoms with van der Waals surface area (Å²) in [5, 5.41) is 18.2. The number of azo groups is 1. The molecule has 1 aromatic carbocycles. The summed E-state index contributed by atoms with van der Waals surface area (Å²) in [6.07, 6.45) is 0. The minimum atomic E-state index is -0.338. The summed E-state index contributed by atoms with van der Waals surface area (Å²) in [5.74, 6) is 0.681. The van der Waals surface area contributed by atoms with Gasteiger partial charge in [-0.3, -0.25) is 15.0 Å². The molecule has 0 fully saturated rings. The number of rotatable bonds is 5. The van der Waals surface area contributed by atoms with Gasteiger partial charge in [-0.05, 0) is 19.1 Å². The summed E-state index contributed by atoms with van der Waals surface area (Å²) >= 11 is 0. The number of hydrogen-bond acceptors (Lipinski definition) is 5. The van der Waals surface area contributed by atoms with E-state index in [0.29, 0.717) is 18.1 Å². The Morgan fingerprint density at radius 3 is 2.54 bits per heavy atom. The van der Waals surface area contributed by atoms with Crippen molar-refractivity contribution in [1.29, 1.82) is 0 Å². The number of para-hydroxylation sites is 1. The Morgan fingerprint density at radius 1 is 1.19 bits per heavy atom. The number of H-pyrrole nitrogens is 2. The maximum absolute atomic E-state index is 12.7. The minimum absolute atomic E-state index is 0.0780. The van der Waals surface area contributed by atoms with Gasteiger partial charge >= 0.3 is 5.56 Å². The van der Waals surface area contributed by atoms with E-state index in [9.17, 15) is 4.79 Å². The summed E-state index contributed by atoms with van der Waals surface area (Å²) in [7, 11) is 0. The summed E-state index contributed by atoms with van der Waals surface area (Å²) in [6, 6.07) is 11.0. The van der Waals surface area contributed by atoms with Crippen molar-refractivity contribution in [3.8, 4) is 11.6 Å². The van der Waals surface area contributed by atoms with Crippen molar-refractivity contribution in [3.63, 3.8) is 0 Å². The monoisotopic (exact) mass is 354 g/mol. The van der Waals surface area contributed by atoms with Crippen LogP contribution in [0.25, 0.3) is 5.69 Å². The van der Waals surface area contributed by atoms with Gasteiger partial charge in [-0.1, -0.05) is 39.0 Å². The van der Waals surface area contributed by atoms with Crippen LogP contribution in [0.15, 0.2) is 51.4 Å². The van der Waals surface area contributed by atoms with Crippen LogP contribution in [0.1, 0.15) is 33.4 Å². The van der Waals surface area contributed by atoms with Crippen molar-refractivity contribution in [1.82, 2.24) is 20.0 Å². The van der Waals surface area contributed by atoms with Gasteiger partial charge in [-0.15, -0.1) is 10.2 Å². The first-order chi connectivity index (χ1) is 12.4. The van der Waals surface area contributed by atoms with E-state index < -0.39 is 0 Å². The third kappa shape index (κ3) is 3.58. The van der Waals surface area contributed by atoms with Crippen LogP contribution in [0.4, 0.5) is 11.5 Å². The Morgan fingerprint density at radius 2 is 1.92 bits per heavy atom. The zero-order chi connectivity index (χ0) is 18.7. The molecule has 0 amide bonds. The second-order valence-corrected chi connectivity index (χ2v) is 6.79. The standard InChI is InChI=1S/C18H22N6O2/c1-5-26-16-15(17(25)24(23-16)12-9-7-6-8-10-12)22-21-14-11-13(19-20-14)18(2,3)4/h6-11,23H,5H2,1-4H3,(H,19,20). The van der Waals surface area contributed by atoms with E-state index in [1.165, 1.54) is 4.68 Å². The van der Waals surface area contributed by atoms with E-state index in [-0.39, 0.29) is 22.5 Å². The van der Waals surface area contributed by atoms with Crippen LogP contribution >= 0.6 is 0 Å². The Kier molecular flexibility index (Phi) is 4.75. The van der Waals surface area contributed by atoms with Crippen LogP contribution in [0, 0.1) is 0 Å². The predicted molar refractivity (Wildman–Crippen MR) is 99.0 cm³/mol. The number of nitrogens with zero attached hydrogens (tertiary/aromatic N) is 4. The largest absolute Gasteiger partial charge is 0.477 e. The molecule has 8 heteroatoms. The maximum Gasteiger partial charge on any atom is 0.303 e. The Balaban J connectivity index is 1.97. The molecule has 0 saturated heterocycles. The van der Waals surface area contributed by atoms with Crippen LogP contribution in [0.3, 0.4) is 0 Å². The van der Waals surface area contributed by atoms with Gasteiger partial charge < -0.3 is 4.74 Å². The minimum Gasteiger partial charge on any atom is -0.477 e. The van der Waals surface area contributed by atoms with E-state index in [0.717, 1.165) is 5.69 Å². The molecule has 0 bridgehead atoms. The van der Waals surface area contributed by atoms with Crippen LogP contribution in [0.5, 0.6) is 5.88 Å². The molecular weight excluding hydrogens is 332 g/mol. The highest BCUT2D eigenvalue weighted by Crippen LogP contribution is 2.27. The number of benzene rings is 1. The van der Waals surface area contributed by atoms with Crippen molar-refractivity contribution in [2.24, 2.45) is 10.2 Å². The quantitative estimate of drug-likeness (QED) is 0.677. The van der Waals surface area contributed by atoms with E-state index in [1.54, 1.807) is 0 Å². The first kappa shape index (κ1) is 17.7. The van der Waals surface area contributed by atoms with Gasteiger partial charge in [0.05, 0.1) is 12.3 Å². The second kappa shape index (κ2) is 6.99. The molecule has 0 radical (unpaired) electrons. The third-order valence-electron chi connectivity index (χ3n) is 3.76. The number of aromatic nitrogens is 4. The van der Waals surface area contributed by atoms with Gasteiger partial charge in [0, 0.05) is 17.2 Å². The molecule has 0 aliphatic heterocycles. The van der Waals surface area contributed by atoms with E-state index in [1.807, 2.05) is 43.3 Å². The van der Waals surface area contributed by atoms with Gasteiger partial charge in [0.2, 0.25) is 11.6 Å². The molecule has 3 rings (SSSR count). The van der Waals surface area contributed by atoms with Crippen LogP contribution in [-0.2, 0) is 5.41 Å². The van der Waals surface area contributed by atoms with Crippen molar-refractivity contribution in [2.45, 2.75) is 33.1 Å². The second-order valence-electron chi connectivity index (χ2n) is 6.79. The molecule has 2 aromatic heterocycles. The fourth-order valence-corrected chi connectivity index (χ4v) is 2.35. The van der Waals surface area contributed by atoms with Gasteiger partial charge in [-0.25, -0.2) is 4.68 Å². The molecule has 0 aliphatic rings. The topological polar surface area (TPSA) is 100 Å². The molecule has 0 saturated carbocycles. The third-order valence-corrected chi connectivity index (χ3v) is 3.76. The zero-order valence-electron chi connectivity index (χ0n) is 15.3. The molecule has 0 aliphatic carbocycles. The molecular formula is C18H22N6O2. The lowest BCUT2D eigenvalue weighted by Gasteiger charge is -2.14. The van der Waals surface area contributed by atoms with Crippen molar-refractivity contribution in [2.75, 3.05) is 6.61 Å². The Hall–Kier alpha value is -3.16. The van der Waals surface area contributed by atoms with Gasteiger partial charge in [0.15, 0.2) is 5.82 Å². The molecule has 8 nitrogen and oxygen atoms in total. The first-order valence-corrected chi connectivity index (χ1v) is 8.41. The Labute approximate surface area is 150 Å². The smallest absolute Gasteiger partial charge is 0.303 e. The molecule has 2 N–H and O–H groups in total. The SMILES string of the molecule is CCOc1[nH]n(-c2ccccc2)c(=O)c1N=Nc1cc(C(C)(C)C)[nH]n1. The van der Waals surface area contributed by atoms with Gasteiger partial charge in [0.25, 0.3) is 0 Å². The van der Waals surface area contributed by atoms with E-state index >= 15 is 0 Å². The lowest BCUT2D eigenvalue weighted by atomic mass is 9.92. The highest BCUT2D eigenvalue weighted by Gasteiger charge is 2.18. The molecule has 0 atom stereocenters. The summed E-state index contributed by atoms with van der Waals surface area (Å²) in [4.78, 5) is 12.7. The van der Waals surface area contributed by atoms with Crippen molar-refractivity contribution < 1.29 is 4.74 Å². The highest BCUT2D eigenvalue weighted by atomic mass is 16.5. The van der Waals surface area contributed by atoms with E-state index in [2.05, 4.69) is 46.3 Å². The van der Waals surface area contributed by atoms with Crippen molar-refractivity contribution >= 4 is 11.5 Å². The average molecular weight is 354 g/mol. The van der Waals surface area contributed by atoms with Crippen LogP contribution in [0.2, 0.25) is 0 Å². The fraction of sp³-hybridized carbons (Fsp3) is 0.333. The predicted octanol–water partition coefficient (Wildman–Crippen LogP) is 4.00. The zero-order valence-corrected chi connectivity index (χ0v) is 15.3. The Bertz CT molecular complexity index is 960. The molecule has 136 valence electrons. The van der Waals surface area contributed by atoms with Gasteiger partial charge in [0.1, 0.15) is 0 Å². The number of nitrogens with one attached hydrogen (secondary N) is 2. The average Bonchev–Trinajstić information content (AvgIpc) is 3.20. The highest BCUT2D eigenvalue weighted by molar-refractivity contribution is 5.48. The normalized spacial score (nSPS) is 12.0. The van der Waals surface area contributed by atoms with Crippen LogP contribution < -0.4 is 10.3 Å². The lowest BCUT2D eigenvalue weighted by Crippen LogP contribution is -2.13.